The number of halogens is 2. The number of carbonyl (C=O) groups is 3. The van der Waals surface area contributed by atoms with Crippen molar-refractivity contribution in [2.45, 2.75) is 45.2 Å². The molecule has 1 heterocycles. The van der Waals surface area contributed by atoms with Gasteiger partial charge in [0, 0.05) is 24.1 Å². The molecule has 0 saturated carbocycles. The van der Waals surface area contributed by atoms with Gasteiger partial charge in [0.15, 0.2) is 0 Å². The van der Waals surface area contributed by atoms with Gasteiger partial charge in [0.1, 0.15) is 11.9 Å². The number of hydrogen-bond acceptors (Lipinski definition) is 3. The van der Waals surface area contributed by atoms with Crippen molar-refractivity contribution in [2.75, 3.05) is 6.54 Å². The molecule has 0 aromatic heterocycles. The van der Waals surface area contributed by atoms with Crippen LogP contribution >= 0.6 is 15.9 Å². The van der Waals surface area contributed by atoms with Crippen molar-refractivity contribution in [2.24, 2.45) is 0 Å². The molecule has 0 fully saturated rings. The van der Waals surface area contributed by atoms with Crippen LogP contribution in [0.3, 0.4) is 0 Å². The lowest BCUT2D eigenvalue weighted by Gasteiger charge is -2.26. The lowest BCUT2D eigenvalue weighted by Crippen LogP contribution is -2.47. The Balaban J connectivity index is 2.22. The van der Waals surface area contributed by atoms with E-state index in [0.29, 0.717) is 6.54 Å². The van der Waals surface area contributed by atoms with Crippen LogP contribution in [0.15, 0.2) is 16.6 Å². The zero-order valence-electron chi connectivity index (χ0n) is 13.8. The van der Waals surface area contributed by atoms with Gasteiger partial charge in [-0.25, -0.2) is 4.39 Å². The fraction of sp³-hybridized carbons (Fsp3) is 0.471. The van der Waals surface area contributed by atoms with Gasteiger partial charge in [0.05, 0.1) is 11.0 Å². The molecular weight excluding hydrogens is 395 g/mol. The zero-order valence-corrected chi connectivity index (χ0v) is 15.4. The van der Waals surface area contributed by atoms with Crippen LogP contribution in [-0.2, 0) is 16.1 Å². The van der Waals surface area contributed by atoms with Crippen LogP contribution in [0.25, 0.3) is 0 Å². The third-order valence-corrected chi connectivity index (χ3v) is 4.77. The Morgan fingerprint density at radius 3 is 2.80 bits per heavy atom. The molecule has 0 aliphatic carbocycles. The summed E-state index contributed by atoms with van der Waals surface area (Å²) in [7, 11) is 0. The normalized spacial score (nSPS) is 14.4. The third-order valence-electron chi connectivity index (χ3n) is 4.16. The molecule has 0 radical (unpaired) electrons. The lowest BCUT2D eigenvalue weighted by molar-refractivity contribution is -0.137. The van der Waals surface area contributed by atoms with E-state index in [1.54, 1.807) is 0 Å². The number of carboxylic acid groups (broad SMARTS) is 1. The van der Waals surface area contributed by atoms with Crippen molar-refractivity contribution in [1.29, 1.82) is 0 Å². The maximum absolute atomic E-state index is 14.3. The summed E-state index contributed by atoms with van der Waals surface area (Å²) in [4.78, 5) is 37.2. The van der Waals surface area contributed by atoms with E-state index in [4.69, 9.17) is 5.11 Å². The number of hydrogen-bond donors (Lipinski definition) is 2. The highest BCUT2D eigenvalue weighted by atomic mass is 79.9. The average molecular weight is 415 g/mol. The standard InChI is InChI=1S/C17H20BrFN2O4/c1-2-3-8-20-16(24)13(6-7-14(22)23)21-9-11-10(17(21)25)4-5-12(18)15(11)19/h4-5,13H,2-3,6-9H2,1H3,(H,20,24)(H,22,23). The molecule has 1 atom stereocenters. The SMILES string of the molecule is CCCCNC(=O)C(CCC(=O)O)N1Cc2c(ccc(Br)c2F)C1=O. The highest BCUT2D eigenvalue weighted by Gasteiger charge is 2.38. The van der Waals surface area contributed by atoms with Gasteiger partial charge in [0.2, 0.25) is 5.91 Å². The van der Waals surface area contributed by atoms with Gasteiger partial charge in [-0.05, 0) is 40.9 Å². The molecule has 1 unspecified atom stereocenters. The molecule has 1 aliphatic heterocycles. The second-order valence-corrected chi connectivity index (χ2v) is 6.77. The number of rotatable bonds is 8. The van der Waals surface area contributed by atoms with Gasteiger partial charge in [-0.15, -0.1) is 0 Å². The largest absolute Gasteiger partial charge is 0.481 e. The fourth-order valence-corrected chi connectivity index (χ4v) is 3.16. The summed E-state index contributed by atoms with van der Waals surface area (Å²) in [6.07, 6.45) is 1.41. The second kappa shape index (κ2) is 8.42. The first-order chi connectivity index (χ1) is 11.9. The van der Waals surface area contributed by atoms with E-state index in [2.05, 4.69) is 21.2 Å². The molecule has 136 valence electrons. The Bertz CT molecular complexity index is 695. The van der Waals surface area contributed by atoms with E-state index in [0.717, 1.165) is 12.8 Å². The highest BCUT2D eigenvalue weighted by molar-refractivity contribution is 9.10. The van der Waals surface area contributed by atoms with Gasteiger partial charge in [0.25, 0.3) is 5.91 Å². The number of unbranched alkanes of at least 4 members (excludes halogenated alkanes) is 1. The number of carbonyl (C=O) groups excluding carboxylic acids is 2. The Kier molecular flexibility index (Phi) is 6.52. The Morgan fingerprint density at radius 1 is 1.44 bits per heavy atom. The molecule has 2 N–H and O–H groups in total. The van der Waals surface area contributed by atoms with Crippen LogP contribution in [0, 0.1) is 5.82 Å². The summed E-state index contributed by atoms with van der Waals surface area (Å²) in [5, 5.41) is 11.6. The third kappa shape index (κ3) is 4.36. The van der Waals surface area contributed by atoms with E-state index in [-0.39, 0.29) is 35.0 Å². The predicted molar refractivity (Wildman–Crippen MR) is 92.5 cm³/mol. The molecular formula is C17H20BrFN2O4. The van der Waals surface area contributed by atoms with E-state index in [1.165, 1.54) is 17.0 Å². The van der Waals surface area contributed by atoms with Crippen LogP contribution in [0.4, 0.5) is 4.39 Å². The number of nitrogens with zero attached hydrogens (tertiary/aromatic N) is 1. The molecule has 6 nitrogen and oxygen atoms in total. The van der Waals surface area contributed by atoms with Crippen molar-refractivity contribution in [1.82, 2.24) is 10.2 Å². The van der Waals surface area contributed by atoms with Crippen LogP contribution in [0.1, 0.15) is 48.5 Å². The first kappa shape index (κ1) is 19.4. The minimum atomic E-state index is -1.05. The molecule has 1 aromatic carbocycles. The number of amides is 2. The van der Waals surface area contributed by atoms with E-state index < -0.39 is 29.6 Å². The van der Waals surface area contributed by atoms with E-state index in [1.807, 2.05) is 6.92 Å². The van der Waals surface area contributed by atoms with Crippen molar-refractivity contribution in [3.05, 3.63) is 33.5 Å². The van der Waals surface area contributed by atoms with Crippen LogP contribution in [0.2, 0.25) is 0 Å². The van der Waals surface area contributed by atoms with Crippen molar-refractivity contribution < 1.29 is 23.9 Å². The minimum absolute atomic E-state index is 0.0180. The molecule has 2 amide bonds. The second-order valence-electron chi connectivity index (χ2n) is 5.91. The Morgan fingerprint density at radius 2 is 2.16 bits per heavy atom. The number of nitrogens with one attached hydrogen (secondary N) is 1. The molecule has 1 aromatic rings. The van der Waals surface area contributed by atoms with Crippen molar-refractivity contribution in [3.8, 4) is 0 Å². The molecule has 1 aliphatic rings. The highest BCUT2D eigenvalue weighted by Crippen LogP contribution is 2.31. The van der Waals surface area contributed by atoms with Crippen LogP contribution < -0.4 is 5.32 Å². The molecule has 25 heavy (non-hydrogen) atoms. The monoisotopic (exact) mass is 414 g/mol. The number of fused-ring (bicyclic) bond motifs is 1. The Hall–Kier alpha value is -1.96. The summed E-state index contributed by atoms with van der Waals surface area (Å²) in [6, 6.07) is 2.02. The van der Waals surface area contributed by atoms with Crippen LogP contribution in [-0.4, -0.2) is 40.4 Å². The molecule has 0 spiro atoms. The number of carboxylic acids is 1. The maximum Gasteiger partial charge on any atom is 0.303 e. The quantitative estimate of drug-likeness (QED) is 0.640. The van der Waals surface area contributed by atoms with E-state index in [9.17, 15) is 18.8 Å². The Labute approximate surface area is 153 Å². The molecule has 8 heteroatoms. The van der Waals surface area contributed by atoms with Gasteiger partial charge in [-0.2, -0.15) is 0 Å². The topological polar surface area (TPSA) is 86.7 Å². The van der Waals surface area contributed by atoms with Gasteiger partial charge in [-0.3, -0.25) is 14.4 Å². The van der Waals surface area contributed by atoms with Gasteiger partial charge >= 0.3 is 5.97 Å². The molecule has 0 saturated heterocycles. The summed E-state index contributed by atoms with van der Waals surface area (Å²) in [5.41, 5.74) is 0.434. The lowest BCUT2D eigenvalue weighted by atomic mass is 10.1. The van der Waals surface area contributed by atoms with Crippen LogP contribution in [0.5, 0.6) is 0 Å². The van der Waals surface area contributed by atoms with Gasteiger partial charge in [-0.1, -0.05) is 13.3 Å². The summed E-state index contributed by atoms with van der Waals surface area (Å²) >= 11 is 3.08. The molecule has 0 bridgehead atoms. The smallest absolute Gasteiger partial charge is 0.303 e. The maximum atomic E-state index is 14.3. The minimum Gasteiger partial charge on any atom is -0.481 e. The first-order valence-corrected chi connectivity index (χ1v) is 8.93. The molecule has 2 rings (SSSR count). The number of aliphatic carboxylic acids is 1. The zero-order chi connectivity index (χ0) is 18.6. The predicted octanol–water partition coefficient (Wildman–Crippen LogP) is 2.69. The summed E-state index contributed by atoms with van der Waals surface area (Å²) in [6.45, 7) is 2.38. The van der Waals surface area contributed by atoms with Crippen molar-refractivity contribution >= 4 is 33.7 Å². The first-order valence-electron chi connectivity index (χ1n) is 8.14. The average Bonchev–Trinajstić information content (AvgIpc) is 2.89. The number of benzene rings is 1. The van der Waals surface area contributed by atoms with Gasteiger partial charge < -0.3 is 15.3 Å². The fourth-order valence-electron chi connectivity index (χ4n) is 2.79. The summed E-state index contributed by atoms with van der Waals surface area (Å²) in [5.74, 6) is -2.45. The van der Waals surface area contributed by atoms with E-state index >= 15 is 0 Å². The summed E-state index contributed by atoms with van der Waals surface area (Å²) < 4.78 is 14.5. The van der Waals surface area contributed by atoms with Crippen molar-refractivity contribution in [3.63, 3.8) is 0 Å².